The van der Waals surface area contributed by atoms with Crippen molar-refractivity contribution < 1.29 is 23.8 Å². The van der Waals surface area contributed by atoms with Gasteiger partial charge >= 0.3 is 11.9 Å². The lowest BCUT2D eigenvalue weighted by Gasteiger charge is -2.07. The highest BCUT2D eigenvalue weighted by Crippen LogP contribution is 2.14. The van der Waals surface area contributed by atoms with Crippen LogP contribution in [0.1, 0.15) is 62.2 Å². The number of benzene rings is 1. The van der Waals surface area contributed by atoms with E-state index in [4.69, 9.17) is 9.47 Å². The third-order valence-electron chi connectivity index (χ3n) is 3.59. The number of hydrogen-bond acceptors (Lipinski definition) is 5. The van der Waals surface area contributed by atoms with Gasteiger partial charge in [-0.25, -0.2) is 4.79 Å². The lowest BCUT2D eigenvalue weighted by atomic mass is 10.2. The van der Waals surface area contributed by atoms with Crippen molar-refractivity contribution in [1.82, 2.24) is 0 Å². The first kappa shape index (κ1) is 20.0. The molecule has 0 atom stereocenters. The number of ether oxygens (including phenoxy) is 3. The third kappa shape index (κ3) is 8.56. The first-order valence-electron chi connectivity index (χ1n) is 8.64. The van der Waals surface area contributed by atoms with Crippen LogP contribution in [-0.2, 0) is 14.3 Å². The zero-order valence-corrected chi connectivity index (χ0v) is 14.7. The van der Waals surface area contributed by atoms with Gasteiger partial charge in [-0.1, -0.05) is 19.8 Å². The zero-order valence-electron chi connectivity index (χ0n) is 14.7. The maximum Gasteiger partial charge on any atom is 0.338 e. The van der Waals surface area contributed by atoms with E-state index in [1.165, 1.54) is 7.11 Å². The van der Waals surface area contributed by atoms with Crippen LogP contribution in [0.2, 0.25) is 0 Å². The molecule has 24 heavy (non-hydrogen) atoms. The van der Waals surface area contributed by atoms with E-state index in [1.54, 1.807) is 24.3 Å². The van der Waals surface area contributed by atoms with Crippen LogP contribution in [0, 0.1) is 0 Å². The molecule has 5 nitrogen and oxygen atoms in total. The molecule has 0 amide bonds. The SMILES string of the molecule is CCCCCOc1ccc(C(=O)OCCCCCC(=O)OC)cc1. The fraction of sp³-hybridized carbons (Fsp3) is 0.579. The van der Waals surface area contributed by atoms with E-state index in [0.29, 0.717) is 25.2 Å². The minimum absolute atomic E-state index is 0.205. The number of methoxy groups -OCH3 is 1. The fourth-order valence-corrected chi connectivity index (χ4v) is 2.13. The fourth-order valence-electron chi connectivity index (χ4n) is 2.13. The Morgan fingerprint density at radius 2 is 1.62 bits per heavy atom. The molecule has 5 heteroatoms. The van der Waals surface area contributed by atoms with Crippen molar-refractivity contribution in [3.05, 3.63) is 29.8 Å². The number of esters is 2. The number of unbranched alkanes of at least 4 members (excludes halogenated alkanes) is 4. The van der Waals surface area contributed by atoms with Crippen molar-refractivity contribution in [3.63, 3.8) is 0 Å². The monoisotopic (exact) mass is 336 g/mol. The standard InChI is InChI=1S/C19H28O5/c1-3-4-7-14-23-17-12-10-16(11-13-17)19(21)24-15-8-5-6-9-18(20)22-2/h10-13H,3-9,14-15H2,1-2H3. The first-order chi connectivity index (χ1) is 11.7. The highest BCUT2D eigenvalue weighted by molar-refractivity contribution is 5.89. The van der Waals surface area contributed by atoms with Crippen molar-refractivity contribution in [3.8, 4) is 5.75 Å². The minimum Gasteiger partial charge on any atom is -0.494 e. The van der Waals surface area contributed by atoms with Crippen LogP contribution in [0.15, 0.2) is 24.3 Å². The van der Waals surface area contributed by atoms with Gasteiger partial charge in [0.05, 0.1) is 25.9 Å². The van der Waals surface area contributed by atoms with Gasteiger partial charge in [0.1, 0.15) is 5.75 Å². The highest BCUT2D eigenvalue weighted by Gasteiger charge is 2.07. The summed E-state index contributed by atoms with van der Waals surface area (Å²) in [6.07, 6.45) is 6.07. The molecule has 134 valence electrons. The summed E-state index contributed by atoms with van der Waals surface area (Å²) in [5, 5.41) is 0. The summed E-state index contributed by atoms with van der Waals surface area (Å²) < 4.78 is 15.4. The topological polar surface area (TPSA) is 61.8 Å². The average molecular weight is 336 g/mol. The maximum absolute atomic E-state index is 11.9. The predicted molar refractivity (Wildman–Crippen MR) is 92.2 cm³/mol. The molecule has 0 aliphatic rings. The highest BCUT2D eigenvalue weighted by atomic mass is 16.5. The van der Waals surface area contributed by atoms with Gasteiger partial charge in [0.2, 0.25) is 0 Å². The van der Waals surface area contributed by atoms with Gasteiger partial charge in [0.15, 0.2) is 0 Å². The largest absolute Gasteiger partial charge is 0.494 e. The van der Waals surface area contributed by atoms with Gasteiger partial charge in [-0.05, 0) is 49.9 Å². The molecule has 0 heterocycles. The van der Waals surface area contributed by atoms with E-state index in [9.17, 15) is 9.59 Å². The molecular formula is C19H28O5. The van der Waals surface area contributed by atoms with Crippen LogP contribution < -0.4 is 4.74 Å². The lowest BCUT2D eigenvalue weighted by Crippen LogP contribution is -2.07. The van der Waals surface area contributed by atoms with Crippen LogP contribution in [0.25, 0.3) is 0 Å². The van der Waals surface area contributed by atoms with Gasteiger partial charge in [-0.3, -0.25) is 4.79 Å². The molecule has 1 aromatic carbocycles. The number of carbonyl (C=O) groups is 2. The molecular weight excluding hydrogens is 308 g/mol. The second-order valence-corrected chi connectivity index (χ2v) is 5.60. The second-order valence-electron chi connectivity index (χ2n) is 5.60. The number of rotatable bonds is 12. The minimum atomic E-state index is -0.333. The van der Waals surface area contributed by atoms with Crippen LogP contribution >= 0.6 is 0 Å². The maximum atomic E-state index is 11.9. The Balaban J connectivity index is 2.19. The Bertz CT molecular complexity index is 481. The quantitative estimate of drug-likeness (QED) is 0.424. The van der Waals surface area contributed by atoms with Crippen LogP contribution in [0.4, 0.5) is 0 Å². The molecule has 0 aliphatic carbocycles. The van der Waals surface area contributed by atoms with Gasteiger partial charge in [0, 0.05) is 6.42 Å². The Hall–Kier alpha value is -2.04. The number of carbonyl (C=O) groups excluding carboxylic acids is 2. The van der Waals surface area contributed by atoms with Crippen LogP contribution in [0.5, 0.6) is 5.75 Å². The predicted octanol–water partition coefficient (Wildman–Crippen LogP) is 4.15. The molecule has 0 bridgehead atoms. The second kappa shape index (κ2) is 12.4. The van der Waals surface area contributed by atoms with E-state index >= 15 is 0 Å². The lowest BCUT2D eigenvalue weighted by molar-refractivity contribution is -0.140. The summed E-state index contributed by atoms with van der Waals surface area (Å²) in [6.45, 7) is 3.21. The van der Waals surface area contributed by atoms with Crippen molar-refractivity contribution in [2.45, 2.75) is 51.9 Å². The summed E-state index contributed by atoms with van der Waals surface area (Å²) in [5.74, 6) is 0.231. The van der Waals surface area contributed by atoms with Crippen molar-refractivity contribution >= 4 is 11.9 Å². The van der Waals surface area contributed by atoms with E-state index < -0.39 is 0 Å². The summed E-state index contributed by atoms with van der Waals surface area (Å²) in [6, 6.07) is 7.02. The average Bonchev–Trinajstić information content (AvgIpc) is 2.61. The van der Waals surface area contributed by atoms with Crippen molar-refractivity contribution in [2.75, 3.05) is 20.3 Å². The molecule has 0 saturated heterocycles. The molecule has 0 aliphatic heterocycles. The summed E-state index contributed by atoms with van der Waals surface area (Å²) in [7, 11) is 1.38. The van der Waals surface area contributed by atoms with Gasteiger partial charge in [-0.2, -0.15) is 0 Å². The third-order valence-corrected chi connectivity index (χ3v) is 3.59. The molecule has 0 spiro atoms. The molecule has 1 rings (SSSR count). The Kier molecular flexibility index (Phi) is 10.3. The molecule has 0 radical (unpaired) electrons. The van der Waals surface area contributed by atoms with E-state index in [-0.39, 0.29) is 11.9 Å². The van der Waals surface area contributed by atoms with Crippen LogP contribution in [-0.4, -0.2) is 32.3 Å². The molecule has 0 N–H and O–H groups in total. The molecule has 1 aromatic rings. The first-order valence-corrected chi connectivity index (χ1v) is 8.64. The summed E-state index contributed by atoms with van der Waals surface area (Å²) >= 11 is 0. The van der Waals surface area contributed by atoms with Gasteiger partial charge in [-0.15, -0.1) is 0 Å². The molecule has 0 unspecified atom stereocenters. The van der Waals surface area contributed by atoms with Gasteiger partial charge < -0.3 is 14.2 Å². The van der Waals surface area contributed by atoms with Crippen molar-refractivity contribution in [1.29, 1.82) is 0 Å². The Labute approximate surface area is 144 Å². The van der Waals surface area contributed by atoms with E-state index in [0.717, 1.165) is 44.3 Å². The van der Waals surface area contributed by atoms with E-state index in [2.05, 4.69) is 11.7 Å². The number of hydrogen-bond donors (Lipinski definition) is 0. The zero-order chi connectivity index (χ0) is 17.6. The molecule has 0 fully saturated rings. The Morgan fingerprint density at radius 1 is 0.917 bits per heavy atom. The van der Waals surface area contributed by atoms with E-state index in [1.807, 2.05) is 0 Å². The summed E-state index contributed by atoms with van der Waals surface area (Å²) in [4.78, 5) is 22.9. The molecule has 0 saturated carbocycles. The summed E-state index contributed by atoms with van der Waals surface area (Å²) in [5.41, 5.74) is 0.519. The van der Waals surface area contributed by atoms with Crippen molar-refractivity contribution in [2.24, 2.45) is 0 Å². The van der Waals surface area contributed by atoms with Crippen LogP contribution in [0.3, 0.4) is 0 Å². The Morgan fingerprint density at radius 3 is 2.29 bits per heavy atom. The molecule has 0 aromatic heterocycles. The van der Waals surface area contributed by atoms with Gasteiger partial charge in [0.25, 0.3) is 0 Å². The smallest absolute Gasteiger partial charge is 0.338 e. The normalized spacial score (nSPS) is 10.2.